The molecule has 1 amide bonds. The van der Waals surface area contributed by atoms with Gasteiger partial charge in [-0.25, -0.2) is 4.79 Å². The number of aromatic carboxylic acids is 1. The molecule has 4 N–H and O–H groups in total. The van der Waals surface area contributed by atoms with Crippen molar-refractivity contribution >= 4 is 17.6 Å². The van der Waals surface area contributed by atoms with Crippen LogP contribution in [-0.4, -0.2) is 36.2 Å². The first-order chi connectivity index (χ1) is 9.64. The fourth-order valence-electron chi connectivity index (χ4n) is 1.63. The average Bonchev–Trinajstić information content (AvgIpc) is 2.34. The van der Waals surface area contributed by atoms with Crippen LogP contribution in [0, 0.1) is 0 Å². The van der Waals surface area contributed by atoms with E-state index in [1.54, 1.807) is 0 Å². The molecular weight excluding hydrogens is 276 g/mol. The highest BCUT2D eigenvalue weighted by molar-refractivity contribution is 5.94. The quantitative estimate of drug-likeness (QED) is 0.706. The van der Waals surface area contributed by atoms with E-state index in [4.69, 9.17) is 20.3 Å². The van der Waals surface area contributed by atoms with Crippen LogP contribution in [0.1, 0.15) is 31.1 Å². The predicted octanol–water partition coefficient (Wildman–Crippen LogP) is 1.27. The minimum atomic E-state index is -1.18. The monoisotopic (exact) mass is 296 g/mol. The number of carbonyl (C=O) groups excluding carboxylic acids is 1. The third kappa shape index (κ3) is 4.87. The normalized spacial score (nSPS) is 10.9. The van der Waals surface area contributed by atoms with Gasteiger partial charge in [-0.3, -0.25) is 4.79 Å². The summed E-state index contributed by atoms with van der Waals surface area (Å²) in [6, 6.07) is 2.58. The lowest BCUT2D eigenvalue weighted by atomic mass is 10.1. The maximum Gasteiger partial charge on any atom is 0.337 e. The lowest BCUT2D eigenvalue weighted by Gasteiger charge is -2.20. The second-order valence-electron chi connectivity index (χ2n) is 5.48. The minimum Gasteiger partial charge on any atom is -0.493 e. The van der Waals surface area contributed by atoms with Gasteiger partial charge in [0.05, 0.1) is 18.4 Å². The van der Waals surface area contributed by atoms with Gasteiger partial charge in [0.1, 0.15) is 0 Å². The number of rotatable bonds is 5. The van der Waals surface area contributed by atoms with E-state index in [1.165, 1.54) is 19.2 Å². The van der Waals surface area contributed by atoms with Crippen LogP contribution >= 0.6 is 0 Å². The number of methoxy groups -OCH3 is 1. The Morgan fingerprint density at radius 3 is 2.38 bits per heavy atom. The van der Waals surface area contributed by atoms with Crippen molar-refractivity contribution in [2.24, 2.45) is 0 Å². The molecule has 7 heteroatoms. The first-order valence-electron chi connectivity index (χ1n) is 6.28. The maximum absolute atomic E-state index is 11.7. The Morgan fingerprint density at radius 2 is 1.90 bits per heavy atom. The third-order valence-electron chi connectivity index (χ3n) is 2.44. The van der Waals surface area contributed by atoms with Crippen LogP contribution in [0.25, 0.3) is 0 Å². The highest BCUT2D eigenvalue weighted by atomic mass is 16.5. The number of benzene rings is 1. The highest BCUT2D eigenvalue weighted by Crippen LogP contribution is 2.32. The van der Waals surface area contributed by atoms with Crippen molar-refractivity contribution in [2.45, 2.75) is 26.3 Å². The topological polar surface area (TPSA) is 111 Å². The molecule has 0 saturated carbocycles. The second-order valence-corrected chi connectivity index (χ2v) is 5.48. The molecule has 0 heterocycles. The smallest absolute Gasteiger partial charge is 0.337 e. The van der Waals surface area contributed by atoms with Gasteiger partial charge in [0, 0.05) is 17.7 Å². The van der Waals surface area contributed by atoms with E-state index < -0.39 is 5.97 Å². The number of amides is 1. The van der Waals surface area contributed by atoms with Crippen molar-refractivity contribution in [1.29, 1.82) is 0 Å². The molecule has 1 aromatic carbocycles. The van der Waals surface area contributed by atoms with Crippen molar-refractivity contribution in [2.75, 3.05) is 19.5 Å². The first kappa shape index (κ1) is 16.6. The minimum absolute atomic E-state index is 0.0610. The number of hydrogen-bond acceptors (Lipinski definition) is 5. The van der Waals surface area contributed by atoms with Crippen LogP contribution in [0.15, 0.2) is 12.1 Å². The van der Waals surface area contributed by atoms with Gasteiger partial charge >= 0.3 is 5.97 Å². The van der Waals surface area contributed by atoms with E-state index in [-0.39, 0.29) is 40.8 Å². The fraction of sp³-hybridized carbons (Fsp3) is 0.429. The summed E-state index contributed by atoms with van der Waals surface area (Å²) in [4.78, 5) is 22.7. The summed E-state index contributed by atoms with van der Waals surface area (Å²) in [7, 11) is 1.40. The lowest BCUT2D eigenvalue weighted by Crippen LogP contribution is -2.43. The predicted molar refractivity (Wildman–Crippen MR) is 77.8 cm³/mol. The maximum atomic E-state index is 11.7. The Hall–Kier alpha value is -2.44. The summed E-state index contributed by atoms with van der Waals surface area (Å²) >= 11 is 0. The largest absolute Gasteiger partial charge is 0.493 e. The van der Waals surface area contributed by atoms with Gasteiger partial charge in [0.15, 0.2) is 18.1 Å². The molecular formula is C14H20N2O5. The van der Waals surface area contributed by atoms with Crippen molar-refractivity contribution in [1.82, 2.24) is 5.32 Å². The zero-order valence-corrected chi connectivity index (χ0v) is 12.5. The van der Waals surface area contributed by atoms with Crippen LogP contribution in [0.4, 0.5) is 5.69 Å². The van der Waals surface area contributed by atoms with Crippen LogP contribution < -0.4 is 20.5 Å². The summed E-state index contributed by atoms with van der Waals surface area (Å²) in [5.41, 5.74) is 5.18. The molecule has 0 fully saturated rings. The molecule has 0 aliphatic carbocycles. The molecule has 0 aromatic heterocycles. The number of hydrogen-bond donors (Lipinski definition) is 3. The summed E-state index contributed by atoms with van der Waals surface area (Å²) in [6.45, 7) is 5.28. The molecule has 0 aliphatic heterocycles. The number of nitrogens with two attached hydrogens (primary N) is 1. The van der Waals surface area contributed by atoms with Gasteiger partial charge in [-0.15, -0.1) is 0 Å². The molecule has 0 unspecified atom stereocenters. The Balaban J connectivity index is 2.89. The molecule has 1 aromatic rings. The number of nitrogen functional groups attached to an aromatic ring is 1. The van der Waals surface area contributed by atoms with Gasteiger partial charge in [-0.1, -0.05) is 0 Å². The molecule has 0 saturated heterocycles. The molecule has 0 radical (unpaired) electrons. The van der Waals surface area contributed by atoms with Gasteiger partial charge < -0.3 is 25.6 Å². The van der Waals surface area contributed by atoms with Crippen molar-refractivity contribution in [3.05, 3.63) is 17.7 Å². The van der Waals surface area contributed by atoms with E-state index in [1.807, 2.05) is 20.8 Å². The first-order valence-corrected chi connectivity index (χ1v) is 6.28. The summed E-state index contributed by atoms with van der Waals surface area (Å²) in [5.74, 6) is -1.09. The molecule has 7 nitrogen and oxygen atoms in total. The highest BCUT2D eigenvalue weighted by Gasteiger charge is 2.17. The fourth-order valence-corrected chi connectivity index (χ4v) is 1.63. The Kier molecular flexibility index (Phi) is 5.02. The third-order valence-corrected chi connectivity index (χ3v) is 2.44. The molecule has 1 rings (SSSR count). The van der Waals surface area contributed by atoms with Crippen LogP contribution in [-0.2, 0) is 4.79 Å². The van der Waals surface area contributed by atoms with Crippen molar-refractivity contribution in [3.63, 3.8) is 0 Å². The molecule has 0 aliphatic rings. The van der Waals surface area contributed by atoms with Crippen LogP contribution in [0.2, 0.25) is 0 Å². The Bertz CT molecular complexity index is 549. The van der Waals surface area contributed by atoms with Crippen molar-refractivity contribution in [3.8, 4) is 11.5 Å². The second kappa shape index (κ2) is 6.34. The standard InChI is InChI=1S/C14H20N2O5/c1-14(2,3)16-12(17)7-21-11-5-8(13(18)19)9(15)6-10(11)20-4/h5-6H,7,15H2,1-4H3,(H,16,17)(H,18,19). The molecule has 0 bridgehead atoms. The number of anilines is 1. The number of nitrogens with one attached hydrogen (secondary N) is 1. The Labute approximate surface area is 123 Å². The number of carboxylic acids is 1. The Morgan fingerprint density at radius 1 is 1.29 bits per heavy atom. The van der Waals surface area contributed by atoms with E-state index in [9.17, 15) is 9.59 Å². The molecule has 116 valence electrons. The summed E-state index contributed by atoms with van der Waals surface area (Å²) < 4.78 is 10.4. The van der Waals surface area contributed by atoms with Crippen LogP contribution in [0.3, 0.4) is 0 Å². The van der Waals surface area contributed by atoms with Gasteiger partial charge in [-0.2, -0.15) is 0 Å². The number of carbonyl (C=O) groups is 2. The van der Waals surface area contributed by atoms with E-state index in [0.717, 1.165) is 0 Å². The van der Waals surface area contributed by atoms with Crippen LogP contribution in [0.5, 0.6) is 11.5 Å². The van der Waals surface area contributed by atoms with E-state index in [0.29, 0.717) is 0 Å². The number of ether oxygens (including phenoxy) is 2. The van der Waals surface area contributed by atoms with Gasteiger partial charge in [0.2, 0.25) is 0 Å². The zero-order chi connectivity index (χ0) is 16.2. The van der Waals surface area contributed by atoms with Crippen molar-refractivity contribution < 1.29 is 24.2 Å². The van der Waals surface area contributed by atoms with E-state index >= 15 is 0 Å². The number of carboxylic acid groups (broad SMARTS) is 1. The summed E-state index contributed by atoms with van der Waals surface area (Å²) in [6.07, 6.45) is 0. The molecule has 0 atom stereocenters. The SMILES string of the molecule is COc1cc(N)c(C(=O)O)cc1OCC(=O)NC(C)(C)C. The average molecular weight is 296 g/mol. The van der Waals surface area contributed by atoms with E-state index in [2.05, 4.69) is 5.32 Å². The molecule has 21 heavy (non-hydrogen) atoms. The van der Waals surface area contributed by atoms with Gasteiger partial charge in [0.25, 0.3) is 5.91 Å². The summed E-state index contributed by atoms with van der Waals surface area (Å²) in [5, 5.41) is 11.8. The van der Waals surface area contributed by atoms with Gasteiger partial charge in [-0.05, 0) is 20.8 Å². The lowest BCUT2D eigenvalue weighted by molar-refractivity contribution is -0.124. The molecule has 0 spiro atoms. The zero-order valence-electron chi connectivity index (χ0n) is 12.5.